The van der Waals surface area contributed by atoms with E-state index in [2.05, 4.69) is 29.2 Å². The number of aromatic carboxylic acids is 1. The molecule has 1 N–H and O–H groups in total. The van der Waals surface area contributed by atoms with Crippen molar-refractivity contribution in [3.63, 3.8) is 0 Å². The molecule has 21 heavy (non-hydrogen) atoms. The van der Waals surface area contributed by atoms with Crippen molar-refractivity contribution in [2.45, 2.75) is 12.3 Å². The number of aromatic nitrogens is 2. The molecule has 1 aliphatic rings. The maximum Gasteiger partial charge on any atom is 0.356 e. The molecule has 1 aromatic carbocycles. The van der Waals surface area contributed by atoms with Crippen LogP contribution in [-0.4, -0.2) is 45.9 Å². The number of benzene rings is 1. The fourth-order valence-corrected chi connectivity index (χ4v) is 3.00. The molecule has 1 unspecified atom stereocenters. The van der Waals surface area contributed by atoms with Gasteiger partial charge in [0.15, 0.2) is 5.69 Å². The zero-order valence-corrected chi connectivity index (χ0v) is 12.3. The fourth-order valence-electron chi connectivity index (χ4n) is 3.00. The van der Waals surface area contributed by atoms with Gasteiger partial charge in [0.2, 0.25) is 0 Å². The van der Waals surface area contributed by atoms with Crippen LogP contribution in [0.1, 0.15) is 28.4 Å². The minimum atomic E-state index is -0.995. The van der Waals surface area contributed by atoms with Gasteiger partial charge in [-0.1, -0.05) is 18.2 Å². The Labute approximate surface area is 123 Å². The van der Waals surface area contributed by atoms with Gasteiger partial charge < -0.3 is 10.0 Å². The molecule has 0 aliphatic carbocycles. The highest BCUT2D eigenvalue weighted by Crippen LogP contribution is 2.29. The van der Waals surface area contributed by atoms with Crippen LogP contribution in [-0.2, 0) is 7.05 Å². The third kappa shape index (κ3) is 2.69. The lowest BCUT2D eigenvalue weighted by atomic mass is 9.96. The fraction of sp³-hybridized carbons (Fsp3) is 0.375. The number of hydrogen-bond donors (Lipinski definition) is 1. The van der Waals surface area contributed by atoms with E-state index in [0.717, 1.165) is 24.3 Å². The van der Waals surface area contributed by atoms with Gasteiger partial charge in [-0.2, -0.15) is 5.10 Å². The SMILES string of the molecule is CN1CCC(c2cccc(-c3cc(C(=O)O)nn3C)c2)C1. The first-order chi connectivity index (χ1) is 10.0. The lowest BCUT2D eigenvalue weighted by Crippen LogP contribution is -2.13. The summed E-state index contributed by atoms with van der Waals surface area (Å²) in [7, 11) is 3.92. The maximum absolute atomic E-state index is 11.0. The van der Waals surface area contributed by atoms with Crippen LogP contribution in [0.2, 0.25) is 0 Å². The van der Waals surface area contributed by atoms with Gasteiger partial charge in [0, 0.05) is 19.2 Å². The summed E-state index contributed by atoms with van der Waals surface area (Å²) in [6, 6.07) is 9.98. The predicted molar refractivity (Wildman–Crippen MR) is 80.5 cm³/mol. The summed E-state index contributed by atoms with van der Waals surface area (Å²) < 4.78 is 1.63. The molecule has 0 bridgehead atoms. The second-order valence-electron chi connectivity index (χ2n) is 5.72. The Morgan fingerprint density at radius 3 is 2.76 bits per heavy atom. The second kappa shape index (κ2) is 5.33. The molecule has 1 atom stereocenters. The normalized spacial score (nSPS) is 19.0. The predicted octanol–water partition coefficient (Wildman–Crippen LogP) is 2.20. The quantitative estimate of drug-likeness (QED) is 0.939. The van der Waals surface area contributed by atoms with Gasteiger partial charge in [-0.05, 0) is 43.6 Å². The first kappa shape index (κ1) is 13.8. The molecule has 1 aromatic heterocycles. The highest BCUT2D eigenvalue weighted by atomic mass is 16.4. The van der Waals surface area contributed by atoms with Crippen molar-refractivity contribution in [1.82, 2.24) is 14.7 Å². The molecule has 0 spiro atoms. The summed E-state index contributed by atoms with van der Waals surface area (Å²) in [6.07, 6.45) is 1.17. The average molecular weight is 285 g/mol. The zero-order chi connectivity index (χ0) is 15.0. The van der Waals surface area contributed by atoms with Crippen LogP contribution in [0.3, 0.4) is 0 Å². The van der Waals surface area contributed by atoms with E-state index in [1.165, 1.54) is 12.0 Å². The minimum absolute atomic E-state index is 0.0819. The van der Waals surface area contributed by atoms with Crippen LogP contribution < -0.4 is 0 Å². The van der Waals surface area contributed by atoms with Crippen LogP contribution in [0.25, 0.3) is 11.3 Å². The molecular weight excluding hydrogens is 266 g/mol. The van der Waals surface area contributed by atoms with E-state index in [1.54, 1.807) is 17.8 Å². The molecule has 3 rings (SSSR count). The van der Waals surface area contributed by atoms with E-state index < -0.39 is 5.97 Å². The topological polar surface area (TPSA) is 58.4 Å². The van der Waals surface area contributed by atoms with Crippen molar-refractivity contribution in [2.75, 3.05) is 20.1 Å². The Morgan fingerprint density at radius 1 is 1.33 bits per heavy atom. The highest BCUT2D eigenvalue weighted by molar-refractivity contribution is 5.87. The molecule has 1 saturated heterocycles. The molecule has 2 heterocycles. The van der Waals surface area contributed by atoms with Gasteiger partial charge >= 0.3 is 5.97 Å². The van der Waals surface area contributed by atoms with E-state index in [0.29, 0.717) is 5.92 Å². The summed E-state index contributed by atoms with van der Waals surface area (Å²) in [6.45, 7) is 2.21. The van der Waals surface area contributed by atoms with Crippen molar-refractivity contribution in [3.8, 4) is 11.3 Å². The lowest BCUT2D eigenvalue weighted by Gasteiger charge is -2.12. The minimum Gasteiger partial charge on any atom is -0.476 e. The van der Waals surface area contributed by atoms with E-state index in [1.807, 2.05) is 12.1 Å². The average Bonchev–Trinajstić information content (AvgIpc) is 3.05. The van der Waals surface area contributed by atoms with Crippen molar-refractivity contribution in [2.24, 2.45) is 7.05 Å². The maximum atomic E-state index is 11.0. The number of carboxylic acid groups (broad SMARTS) is 1. The smallest absolute Gasteiger partial charge is 0.356 e. The third-order valence-electron chi connectivity index (χ3n) is 4.14. The molecule has 110 valence electrons. The molecule has 5 nitrogen and oxygen atoms in total. The van der Waals surface area contributed by atoms with Gasteiger partial charge in [-0.25, -0.2) is 4.79 Å². The Kier molecular flexibility index (Phi) is 3.51. The number of nitrogens with zero attached hydrogens (tertiary/aromatic N) is 3. The number of aryl methyl sites for hydroxylation is 1. The Morgan fingerprint density at radius 2 is 2.14 bits per heavy atom. The van der Waals surface area contributed by atoms with E-state index in [9.17, 15) is 4.79 Å². The van der Waals surface area contributed by atoms with Gasteiger partial charge in [0.25, 0.3) is 0 Å². The van der Waals surface area contributed by atoms with Gasteiger partial charge in [0.05, 0.1) is 5.69 Å². The molecule has 1 aliphatic heterocycles. The Balaban J connectivity index is 1.94. The molecule has 1 fully saturated rings. The first-order valence-electron chi connectivity index (χ1n) is 7.11. The van der Waals surface area contributed by atoms with Crippen LogP contribution in [0.5, 0.6) is 0 Å². The number of likely N-dealkylation sites (N-methyl/N-ethyl adjacent to an activating group) is 1. The van der Waals surface area contributed by atoms with Gasteiger partial charge in [-0.3, -0.25) is 4.68 Å². The Bertz CT molecular complexity index is 678. The molecule has 0 saturated carbocycles. The summed E-state index contributed by atoms with van der Waals surface area (Å²) in [5.74, 6) is -0.437. The second-order valence-corrected chi connectivity index (χ2v) is 5.72. The summed E-state index contributed by atoms with van der Waals surface area (Å²) in [5.41, 5.74) is 3.25. The number of carboxylic acids is 1. The molecule has 2 aromatic rings. The standard InChI is InChI=1S/C16H19N3O2/c1-18-7-6-13(10-18)11-4-3-5-12(8-11)15-9-14(16(20)21)17-19(15)2/h3-5,8-9,13H,6-7,10H2,1-2H3,(H,20,21). The molecule has 0 amide bonds. The van der Waals surface area contributed by atoms with Crippen molar-refractivity contribution in [3.05, 3.63) is 41.6 Å². The number of rotatable bonds is 3. The van der Waals surface area contributed by atoms with Crippen LogP contribution in [0, 0.1) is 0 Å². The van der Waals surface area contributed by atoms with E-state index in [4.69, 9.17) is 5.11 Å². The zero-order valence-electron chi connectivity index (χ0n) is 12.3. The number of hydrogen-bond acceptors (Lipinski definition) is 3. The van der Waals surface area contributed by atoms with Crippen LogP contribution >= 0.6 is 0 Å². The van der Waals surface area contributed by atoms with Crippen molar-refractivity contribution < 1.29 is 9.90 Å². The third-order valence-corrected chi connectivity index (χ3v) is 4.14. The van der Waals surface area contributed by atoms with Crippen LogP contribution in [0.15, 0.2) is 30.3 Å². The summed E-state index contributed by atoms with van der Waals surface area (Å²) in [5, 5.41) is 13.1. The van der Waals surface area contributed by atoms with Gasteiger partial charge in [0.1, 0.15) is 0 Å². The van der Waals surface area contributed by atoms with Crippen molar-refractivity contribution in [1.29, 1.82) is 0 Å². The van der Waals surface area contributed by atoms with E-state index >= 15 is 0 Å². The Hall–Kier alpha value is -2.14. The summed E-state index contributed by atoms with van der Waals surface area (Å²) in [4.78, 5) is 13.4. The summed E-state index contributed by atoms with van der Waals surface area (Å²) >= 11 is 0. The number of likely N-dealkylation sites (tertiary alicyclic amines) is 1. The van der Waals surface area contributed by atoms with E-state index in [-0.39, 0.29) is 5.69 Å². The monoisotopic (exact) mass is 285 g/mol. The lowest BCUT2D eigenvalue weighted by molar-refractivity contribution is 0.0689. The molecule has 5 heteroatoms. The highest BCUT2D eigenvalue weighted by Gasteiger charge is 2.21. The molecule has 0 radical (unpaired) electrons. The first-order valence-corrected chi connectivity index (χ1v) is 7.11. The van der Waals surface area contributed by atoms with Gasteiger partial charge in [-0.15, -0.1) is 0 Å². The number of carbonyl (C=O) groups is 1. The largest absolute Gasteiger partial charge is 0.476 e. The van der Waals surface area contributed by atoms with Crippen LogP contribution in [0.4, 0.5) is 0 Å². The van der Waals surface area contributed by atoms with Crippen molar-refractivity contribution >= 4 is 5.97 Å². The molecular formula is C16H19N3O2.